The topological polar surface area (TPSA) is 244 Å². The Morgan fingerprint density at radius 1 is 0.759 bits per heavy atom. The van der Waals surface area contributed by atoms with Crippen LogP contribution in [0, 0.1) is 5.41 Å². The standard InChI is InChI=1S/C38H50N2O18/c1-17(34(47)49-9)53-30-26(39-18(2)41)35(50-10)56-25(16-52-37(48)38(6,7)8)28(30)58-36-27(40-32(45)22-13-11-12-14-23(22)33(40)46)31(55-21(5)44)29(54-20(4)43)24(57-36)15-51-19(3)42/h11-14,17,24-31,35-36H,15-16H2,1-10H3,(H,39,41)/t17-,24-,25-,26-,27-,28-,29-,30-,31-,35-,36+/m1/s1. The van der Waals surface area contributed by atoms with Crippen molar-refractivity contribution in [2.24, 2.45) is 5.41 Å². The zero-order chi connectivity index (χ0) is 43.2. The molecule has 0 spiro atoms. The number of esters is 5. The summed E-state index contributed by atoms with van der Waals surface area (Å²) in [5, 5.41) is 2.67. The molecular formula is C38H50N2O18. The van der Waals surface area contributed by atoms with Crippen molar-refractivity contribution in [3.8, 4) is 0 Å². The minimum atomic E-state index is -1.90. The molecule has 20 nitrogen and oxygen atoms in total. The smallest absolute Gasteiger partial charge is 0.334 e. The molecule has 0 saturated carbocycles. The molecule has 0 unspecified atom stereocenters. The normalized spacial score (nSPS) is 28.8. The summed E-state index contributed by atoms with van der Waals surface area (Å²) in [4.78, 5) is 105. The highest BCUT2D eigenvalue weighted by atomic mass is 16.7. The van der Waals surface area contributed by atoms with Gasteiger partial charge in [-0.3, -0.25) is 38.5 Å². The Labute approximate surface area is 334 Å². The summed E-state index contributed by atoms with van der Waals surface area (Å²) in [6.07, 6.45) is -13.8. The van der Waals surface area contributed by atoms with Crippen LogP contribution in [0.2, 0.25) is 0 Å². The zero-order valence-corrected chi connectivity index (χ0v) is 33.9. The molecule has 0 aliphatic carbocycles. The maximum atomic E-state index is 14.2. The van der Waals surface area contributed by atoms with Crippen LogP contribution in [0.4, 0.5) is 0 Å². The highest BCUT2D eigenvalue weighted by molar-refractivity contribution is 6.21. The first-order valence-electron chi connectivity index (χ1n) is 18.3. The van der Waals surface area contributed by atoms with E-state index >= 15 is 0 Å². The van der Waals surface area contributed by atoms with Gasteiger partial charge >= 0.3 is 29.8 Å². The van der Waals surface area contributed by atoms with Crippen molar-refractivity contribution in [2.75, 3.05) is 27.4 Å². The summed E-state index contributed by atoms with van der Waals surface area (Å²) in [5.41, 5.74) is -1.03. The van der Waals surface area contributed by atoms with E-state index in [4.69, 9.17) is 47.4 Å². The van der Waals surface area contributed by atoms with E-state index in [1.807, 2.05) is 0 Å². The Balaban J connectivity index is 1.96. The molecule has 3 heterocycles. The van der Waals surface area contributed by atoms with Crippen molar-refractivity contribution >= 4 is 47.6 Å². The maximum absolute atomic E-state index is 14.2. The van der Waals surface area contributed by atoms with Crippen LogP contribution < -0.4 is 5.32 Å². The second-order valence-electron chi connectivity index (χ2n) is 14.7. The van der Waals surface area contributed by atoms with Crippen molar-refractivity contribution in [1.82, 2.24) is 10.2 Å². The lowest BCUT2D eigenvalue weighted by Crippen LogP contribution is -2.71. The minimum Gasteiger partial charge on any atom is -0.467 e. The van der Waals surface area contributed by atoms with Crippen LogP contribution in [-0.4, -0.2) is 147 Å². The average Bonchev–Trinajstić information content (AvgIpc) is 3.39. The van der Waals surface area contributed by atoms with Gasteiger partial charge in [-0.1, -0.05) is 12.1 Å². The first kappa shape index (κ1) is 45.7. The maximum Gasteiger partial charge on any atom is 0.334 e. The molecule has 3 amide bonds. The van der Waals surface area contributed by atoms with Gasteiger partial charge in [0.15, 0.2) is 30.9 Å². The van der Waals surface area contributed by atoms with E-state index in [0.29, 0.717) is 0 Å². The number of fused-ring (bicyclic) bond motifs is 1. The molecule has 11 atom stereocenters. The van der Waals surface area contributed by atoms with Gasteiger partial charge in [0.2, 0.25) is 5.91 Å². The average molecular weight is 823 g/mol. The van der Waals surface area contributed by atoms with Gasteiger partial charge in [-0.25, -0.2) is 4.79 Å². The van der Waals surface area contributed by atoms with E-state index in [-0.39, 0.29) is 11.1 Å². The number of carbonyl (C=O) groups is 8. The fraction of sp³-hybridized carbons (Fsp3) is 0.632. The largest absolute Gasteiger partial charge is 0.467 e. The number of carbonyl (C=O) groups excluding carboxylic acids is 8. The molecule has 2 fully saturated rings. The van der Waals surface area contributed by atoms with E-state index in [9.17, 15) is 38.4 Å². The number of imide groups is 1. The Bertz CT molecular complexity index is 1710. The zero-order valence-electron chi connectivity index (χ0n) is 33.9. The number of nitrogens with zero attached hydrogens (tertiary/aromatic N) is 1. The molecule has 1 aromatic rings. The Morgan fingerprint density at radius 3 is 1.79 bits per heavy atom. The van der Waals surface area contributed by atoms with Crippen LogP contribution in [0.1, 0.15) is 76.1 Å². The van der Waals surface area contributed by atoms with Gasteiger partial charge in [0.1, 0.15) is 49.7 Å². The Hall–Kier alpha value is -5.02. The number of benzene rings is 1. The lowest BCUT2D eigenvalue weighted by molar-refractivity contribution is -0.341. The molecule has 3 aliphatic heterocycles. The third-order valence-corrected chi connectivity index (χ3v) is 9.22. The van der Waals surface area contributed by atoms with Crippen LogP contribution in [0.25, 0.3) is 0 Å². The number of methoxy groups -OCH3 is 2. The lowest BCUT2D eigenvalue weighted by Gasteiger charge is -2.51. The number of hydrogen-bond acceptors (Lipinski definition) is 18. The monoisotopic (exact) mass is 822 g/mol. The molecule has 4 rings (SSSR count). The van der Waals surface area contributed by atoms with Crippen molar-refractivity contribution in [2.45, 2.75) is 123 Å². The molecule has 3 aliphatic rings. The number of nitrogens with one attached hydrogen (secondary N) is 1. The predicted molar refractivity (Wildman–Crippen MR) is 192 cm³/mol. The van der Waals surface area contributed by atoms with Crippen molar-refractivity contribution in [3.63, 3.8) is 0 Å². The Kier molecular flexibility index (Phi) is 15.1. The van der Waals surface area contributed by atoms with E-state index in [2.05, 4.69) is 5.32 Å². The molecule has 0 bridgehead atoms. The number of ether oxygens (including phenoxy) is 10. The van der Waals surface area contributed by atoms with Gasteiger partial charge in [-0.2, -0.15) is 0 Å². The number of amides is 3. The van der Waals surface area contributed by atoms with Gasteiger partial charge in [0, 0.05) is 34.8 Å². The quantitative estimate of drug-likeness (QED) is 0.153. The molecule has 0 aromatic heterocycles. The lowest BCUT2D eigenvalue weighted by atomic mass is 9.93. The third-order valence-electron chi connectivity index (χ3n) is 9.22. The van der Waals surface area contributed by atoms with Crippen LogP contribution in [0.5, 0.6) is 0 Å². The summed E-state index contributed by atoms with van der Waals surface area (Å²) in [7, 11) is 2.39. The van der Waals surface area contributed by atoms with E-state index < -0.39 is 134 Å². The second-order valence-corrected chi connectivity index (χ2v) is 14.7. The van der Waals surface area contributed by atoms with Gasteiger partial charge in [0.05, 0.1) is 23.7 Å². The van der Waals surface area contributed by atoms with Crippen LogP contribution in [0.15, 0.2) is 24.3 Å². The summed E-state index contributed by atoms with van der Waals surface area (Å²) in [6.45, 7) is 9.40. The summed E-state index contributed by atoms with van der Waals surface area (Å²) in [5.74, 6) is -6.42. The fourth-order valence-electron chi connectivity index (χ4n) is 6.69. The van der Waals surface area contributed by atoms with Crippen LogP contribution >= 0.6 is 0 Å². The van der Waals surface area contributed by atoms with Crippen molar-refractivity contribution < 1.29 is 85.7 Å². The molecule has 320 valence electrons. The van der Waals surface area contributed by atoms with E-state index in [0.717, 1.165) is 32.8 Å². The highest BCUT2D eigenvalue weighted by Gasteiger charge is 2.60. The molecular weight excluding hydrogens is 772 g/mol. The summed E-state index contributed by atoms with van der Waals surface area (Å²) >= 11 is 0. The van der Waals surface area contributed by atoms with Gasteiger partial charge in [-0.15, -0.1) is 0 Å². The molecule has 0 radical (unpaired) electrons. The highest BCUT2D eigenvalue weighted by Crippen LogP contribution is 2.38. The van der Waals surface area contributed by atoms with Gasteiger partial charge in [0.25, 0.3) is 11.8 Å². The van der Waals surface area contributed by atoms with Crippen molar-refractivity contribution in [3.05, 3.63) is 35.4 Å². The Morgan fingerprint density at radius 2 is 1.29 bits per heavy atom. The van der Waals surface area contributed by atoms with Crippen molar-refractivity contribution in [1.29, 1.82) is 0 Å². The number of hydrogen-bond donors (Lipinski definition) is 1. The number of rotatable bonds is 14. The van der Waals surface area contributed by atoms with E-state index in [1.54, 1.807) is 20.8 Å². The van der Waals surface area contributed by atoms with E-state index in [1.165, 1.54) is 45.2 Å². The molecule has 1 aromatic carbocycles. The third kappa shape index (κ3) is 10.5. The summed E-state index contributed by atoms with van der Waals surface area (Å²) < 4.78 is 58.2. The SMILES string of the molecule is COC(=O)[C@@H](C)O[C@@H]1[C@@H](NC(C)=O)[C@H](OC)O[C@H](COC(=O)C(C)(C)C)[C@H]1O[C@@H]1O[C@H](COC(C)=O)[C@@H](OC(C)=O)[C@H](OC(C)=O)[C@H]1N1C(=O)c2ccccc2C1=O. The molecule has 20 heteroatoms. The second kappa shape index (κ2) is 19.2. The fourth-order valence-corrected chi connectivity index (χ4v) is 6.69. The predicted octanol–water partition coefficient (Wildman–Crippen LogP) is 0.600. The molecule has 2 saturated heterocycles. The van der Waals surface area contributed by atoms with Crippen LogP contribution in [-0.2, 0) is 76.1 Å². The van der Waals surface area contributed by atoms with Gasteiger partial charge in [-0.05, 0) is 39.8 Å². The first-order valence-corrected chi connectivity index (χ1v) is 18.3. The minimum absolute atomic E-state index is 0.0198. The molecule has 58 heavy (non-hydrogen) atoms. The summed E-state index contributed by atoms with van der Waals surface area (Å²) in [6, 6.07) is 2.81. The van der Waals surface area contributed by atoms with Gasteiger partial charge < -0.3 is 52.7 Å². The molecule has 1 N–H and O–H groups in total. The van der Waals surface area contributed by atoms with Crippen LogP contribution in [0.3, 0.4) is 0 Å². The first-order chi connectivity index (χ1) is 27.2.